The highest BCUT2D eigenvalue weighted by molar-refractivity contribution is 5.41. The van der Waals surface area contributed by atoms with Crippen LogP contribution in [-0.2, 0) is 20.0 Å². The zero-order chi connectivity index (χ0) is 19.2. The number of aromatic nitrogens is 5. The molecule has 0 spiro atoms. The topological polar surface area (TPSA) is 90.2 Å². The van der Waals surface area contributed by atoms with Crippen molar-refractivity contribution in [2.45, 2.75) is 45.6 Å². The van der Waals surface area contributed by atoms with Gasteiger partial charge in [0.05, 0.1) is 32.0 Å². The first kappa shape index (κ1) is 19.2. The molecule has 9 nitrogen and oxygen atoms in total. The van der Waals surface area contributed by atoms with Crippen LogP contribution in [0.15, 0.2) is 0 Å². The lowest BCUT2D eigenvalue weighted by Gasteiger charge is -2.20. The van der Waals surface area contributed by atoms with Gasteiger partial charge in [0.15, 0.2) is 0 Å². The fraction of sp³-hybridized carbons (Fsp3) is 0.667. The number of methoxy groups -OCH3 is 2. The highest BCUT2D eigenvalue weighted by Crippen LogP contribution is 2.24. The maximum absolute atomic E-state index is 5.50. The normalized spacial score (nSPS) is 14.7. The monoisotopic (exact) mass is 375 g/mol. The lowest BCUT2D eigenvalue weighted by molar-refractivity contribution is 0.369. The van der Waals surface area contributed by atoms with Crippen molar-refractivity contribution in [2.24, 2.45) is 7.05 Å². The summed E-state index contributed by atoms with van der Waals surface area (Å²) in [6.07, 6.45) is 5.65. The number of hydrogen-bond acceptors (Lipinski definition) is 8. The summed E-state index contributed by atoms with van der Waals surface area (Å²) in [4.78, 5) is 15.6. The summed E-state index contributed by atoms with van der Waals surface area (Å²) in [7, 11) is 5.11. The van der Waals surface area contributed by atoms with Crippen LogP contribution in [0.4, 0.5) is 11.9 Å². The van der Waals surface area contributed by atoms with Gasteiger partial charge in [-0.3, -0.25) is 0 Å². The first-order valence-electron chi connectivity index (χ1n) is 9.53. The van der Waals surface area contributed by atoms with E-state index in [1.807, 2.05) is 7.05 Å². The van der Waals surface area contributed by atoms with Crippen molar-refractivity contribution in [1.82, 2.24) is 24.7 Å². The summed E-state index contributed by atoms with van der Waals surface area (Å²) >= 11 is 0. The molecule has 0 saturated carbocycles. The van der Waals surface area contributed by atoms with Crippen molar-refractivity contribution in [3.05, 3.63) is 11.3 Å². The molecule has 3 rings (SSSR count). The van der Waals surface area contributed by atoms with Gasteiger partial charge in [0.2, 0.25) is 17.8 Å². The molecule has 0 bridgehead atoms. The Bertz CT molecular complexity index is 754. The van der Waals surface area contributed by atoms with E-state index in [0.29, 0.717) is 24.5 Å². The SMILES string of the molecule is CCc1nn(C)c(OC)c1CNc1nc(OC)nc(N2CCCCCC2)n1. The van der Waals surface area contributed by atoms with E-state index in [9.17, 15) is 0 Å². The van der Waals surface area contributed by atoms with Gasteiger partial charge in [0.1, 0.15) is 0 Å². The Morgan fingerprint density at radius 3 is 2.37 bits per heavy atom. The number of nitrogens with zero attached hydrogens (tertiary/aromatic N) is 6. The zero-order valence-corrected chi connectivity index (χ0v) is 16.7. The maximum atomic E-state index is 5.50. The van der Waals surface area contributed by atoms with Gasteiger partial charge in [-0.25, -0.2) is 4.68 Å². The van der Waals surface area contributed by atoms with E-state index in [1.165, 1.54) is 12.8 Å². The molecule has 0 unspecified atom stereocenters. The van der Waals surface area contributed by atoms with Crippen molar-refractivity contribution in [3.8, 4) is 11.9 Å². The van der Waals surface area contributed by atoms with Crippen LogP contribution in [0.2, 0.25) is 0 Å². The summed E-state index contributed by atoms with van der Waals surface area (Å²) in [6, 6.07) is 0.320. The van der Waals surface area contributed by atoms with Crippen LogP contribution in [-0.4, -0.2) is 52.0 Å². The molecule has 0 aliphatic carbocycles. The van der Waals surface area contributed by atoms with Crippen LogP contribution in [0.3, 0.4) is 0 Å². The van der Waals surface area contributed by atoms with Gasteiger partial charge >= 0.3 is 6.01 Å². The van der Waals surface area contributed by atoms with Gasteiger partial charge in [-0.2, -0.15) is 20.1 Å². The average Bonchev–Trinajstić information content (AvgIpc) is 2.85. The predicted molar refractivity (Wildman–Crippen MR) is 104 cm³/mol. The number of nitrogens with one attached hydrogen (secondary N) is 1. The average molecular weight is 375 g/mol. The standard InChI is InChI=1S/C18H29N7O2/c1-5-14-13(15(26-3)24(2)23-14)12-19-16-20-17(22-18(21-16)27-4)25-10-8-6-7-9-11-25/h5-12H2,1-4H3,(H,19,20,21,22). The first-order chi connectivity index (χ1) is 13.2. The summed E-state index contributed by atoms with van der Waals surface area (Å²) in [6.45, 7) is 4.52. The number of hydrogen-bond donors (Lipinski definition) is 1. The minimum absolute atomic E-state index is 0.320. The van der Waals surface area contributed by atoms with Gasteiger partial charge in [-0.15, -0.1) is 0 Å². The fourth-order valence-electron chi connectivity index (χ4n) is 3.42. The van der Waals surface area contributed by atoms with Gasteiger partial charge in [-0.1, -0.05) is 19.8 Å². The minimum atomic E-state index is 0.320. The molecule has 1 aliphatic heterocycles. The number of anilines is 2. The van der Waals surface area contributed by atoms with E-state index in [4.69, 9.17) is 9.47 Å². The molecule has 27 heavy (non-hydrogen) atoms. The van der Waals surface area contributed by atoms with Crippen molar-refractivity contribution in [3.63, 3.8) is 0 Å². The third kappa shape index (κ3) is 4.40. The second-order valence-corrected chi connectivity index (χ2v) is 6.61. The van der Waals surface area contributed by atoms with Crippen molar-refractivity contribution >= 4 is 11.9 Å². The Morgan fingerprint density at radius 1 is 1.00 bits per heavy atom. The molecular formula is C18H29N7O2. The Kier molecular flexibility index (Phi) is 6.31. The molecule has 0 radical (unpaired) electrons. The van der Waals surface area contributed by atoms with E-state index in [2.05, 4.69) is 37.2 Å². The van der Waals surface area contributed by atoms with E-state index in [1.54, 1.807) is 18.9 Å². The molecule has 1 aliphatic rings. The second-order valence-electron chi connectivity index (χ2n) is 6.61. The van der Waals surface area contributed by atoms with Crippen LogP contribution in [0.25, 0.3) is 0 Å². The predicted octanol–water partition coefficient (Wildman–Crippen LogP) is 2.18. The second kappa shape index (κ2) is 8.88. The molecule has 3 heterocycles. The van der Waals surface area contributed by atoms with Crippen LogP contribution >= 0.6 is 0 Å². The molecule has 2 aromatic rings. The van der Waals surface area contributed by atoms with Crippen LogP contribution < -0.4 is 19.7 Å². The summed E-state index contributed by atoms with van der Waals surface area (Å²) < 4.78 is 12.5. The summed E-state index contributed by atoms with van der Waals surface area (Å²) in [5, 5.41) is 7.80. The molecule has 0 aromatic carbocycles. The van der Waals surface area contributed by atoms with Gasteiger partial charge in [0, 0.05) is 20.1 Å². The van der Waals surface area contributed by atoms with Crippen LogP contribution in [0.5, 0.6) is 11.9 Å². The highest BCUT2D eigenvalue weighted by atomic mass is 16.5. The summed E-state index contributed by atoms with van der Waals surface area (Å²) in [5.74, 6) is 1.90. The van der Waals surface area contributed by atoms with Gasteiger partial charge in [0.25, 0.3) is 0 Å². The van der Waals surface area contributed by atoms with Crippen molar-refractivity contribution in [2.75, 3.05) is 37.5 Å². The Morgan fingerprint density at radius 2 is 1.74 bits per heavy atom. The lowest BCUT2D eigenvalue weighted by Crippen LogP contribution is -2.26. The minimum Gasteiger partial charge on any atom is -0.481 e. The van der Waals surface area contributed by atoms with Crippen molar-refractivity contribution in [1.29, 1.82) is 0 Å². The molecule has 1 N–H and O–H groups in total. The van der Waals surface area contributed by atoms with Gasteiger partial charge < -0.3 is 19.7 Å². The summed E-state index contributed by atoms with van der Waals surface area (Å²) in [5.41, 5.74) is 2.01. The molecular weight excluding hydrogens is 346 g/mol. The Labute approximate surface area is 160 Å². The lowest BCUT2D eigenvalue weighted by atomic mass is 10.2. The highest BCUT2D eigenvalue weighted by Gasteiger charge is 2.18. The molecule has 9 heteroatoms. The third-order valence-corrected chi connectivity index (χ3v) is 4.80. The largest absolute Gasteiger partial charge is 0.481 e. The Balaban J connectivity index is 1.81. The van der Waals surface area contributed by atoms with E-state index in [0.717, 1.165) is 49.5 Å². The molecule has 1 fully saturated rings. The van der Waals surface area contributed by atoms with Crippen molar-refractivity contribution < 1.29 is 9.47 Å². The Hall–Kier alpha value is -2.58. The molecule has 0 atom stereocenters. The third-order valence-electron chi connectivity index (χ3n) is 4.80. The van der Waals surface area contributed by atoms with E-state index < -0.39 is 0 Å². The fourth-order valence-corrected chi connectivity index (χ4v) is 3.42. The van der Waals surface area contributed by atoms with Crippen LogP contribution in [0.1, 0.15) is 43.9 Å². The maximum Gasteiger partial charge on any atom is 0.322 e. The number of rotatable bonds is 7. The quantitative estimate of drug-likeness (QED) is 0.787. The van der Waals surface area contributed by atoms with E-state index in [-0.39, 0.29) is 0 Å². The molecule has 1 saturated heterocycles. The molecule has 0 amide bonds. The number of ether oxygens (including phenoxy) is 2. The van der Waals surface area contributed by atoms with Crippen LogP contribution in [0, 0.1) is 0 Å². The van der Waals surface area contributed by atoms with Gasteiger partial charge in [-0.05, 0) is 19.3 Å². The zero-order valence-electron chi connectivity index (χ0n) is 16.7. The number of aryl methyl sites for hydroxylation is 2. The van der Waals surface area contributed by atoms with E-state index >= 15 is 0 Å². The molecule has 148 valence electrons. The smallest absolute Gasteiger partial charge is 0.322 e. The first-order valence-corrected chi connectivity index (χ1v) is 9.53. The molecule has 2 aromatic heterocycles.